The maximum absolute atomic E-state index is 11.9. The topological polar surface area (TPSA) is 62.5 Å². The summed E-state index contributed by atoms with van der Waals surface area (Å²) in [4.78, 5) is 11.9. The molecule has 0 bridgehead atoms. The number of furan rings is 1. The first-order valence-electron chi connectivity index (χ1n) is 6.36. The van der Waals surface area contributed by atoms with Gasteiger partial charge in [0.25, 0.3) is 5.91 Å². The Kier molecular flexibility index (Phi) is 4.96. The van der Waals surface area contributed by atoms with Crippen LogP contribution < -0.4 is 5.32 Å². The molecule has 0 aromatic carbocycles. The lowest BCUT2D eigenvalue weighted by Crippen LogP contribution is -2.34. The first kappa shape index (κ1) is 14.8. The van der Waals surface area contributed by atoms with Gasteiger partial charge in [-0.2, -0.15) is 0 Å². The number of nitrogens with one attached hydrogen (secondary N) is 1. The van der Waals surface area contributed by atoms with Gasteiger partial charge in [-0.3, -0.25) is 4.79 Å². The fraction of sp³-hybridized carbons (Fsp3) is 0.643. The summed E-state index contributed by atoms with van der Waals surface area (Å²) in [7, 11) is 0. The zero-order valence-corrected chi connectivity index (χ0v) is 11.6. The van der Waals surface area contributed by atoms with Gasteiger partial charge in [0.1, 0.15) is 5.76 Å². The SMILES string of the molecule is CCc1occc1C(=O)NCC(O)CC(C)(C)C. The molecule has 0 fully saturated rings. The number of aryl methyl sites for hydroxylation is 1. The van der Waals surface area contributed by atoms with E-state index in [1.807, 2.05) is 6.92 Å². The molecule has 0 saturated carbocycles. The smallest absolute Gasteiger partial charge is 0.254 e. The van der Waals surface area contributed by atoms with Crippen molar-refractivity contribution >= 4 is 5.91 Å². The van der Waals surface area contributed by atoms with Crippen LogP contribution in [0.5, 0.6) is 0 Å². The molecular formula is C14H23NO3. The number of hydrogen-bond donors (Lipinski definition) is 2. The van der Waals surface area contributed by atoms with Crippen molar-refractivity contribution in [3.05, 3.63) is 23.7 Å². The van der Waals surface area contributed by atoms with E-state index in [2.05, 4.69) is 26.1 Å². The molecule has 1 heterocycles. The van der Waals surface area contributed by atoms with Gasteiger partial charge in [0.15, 0.2) is 0 Å². The number of carbonyl (C=O) groups excluding carboxylic acids is 1. The summed E-state index contributed by atoms with van der Waals surface area (Å²) < 4.78 is 5.20. The molecule has 0 spiro atoms. The van der Waals surface area contributed by atoms with Crippen molar-refractivity contribution in [2.75, 3.05) is 6.54 Å². The number of amides is 1. The van der Waals surface area contributed by atoms with Crippen LogP contribution in [0.15, 0.2) is 16.7 Å². The monoisotopic (exact) mass is 253 g/mol. The van der Waals surface area contributed by atoms with Crippen molar-refractivity contribution in [2.24, 2.45) is 5.41 Å². The van der Waals surface area contributed by atoms with E-state index in [9.17, 15) is 9.90 Å². The summed E-state index contributed by atoms with van der Waals surface area (Å²) in [6, 6.07) is 1.66. The fourth-order valence-corrected chi connectivity index (χ4v) is 1.90. The number of carbonyl (C=O) groups is 1. The summed E-state index contributed by atoms with van der Waals surface area (Å²) in [6.45, 7) is 8.38. The van der Waals surface area contributed by atoms with E-state index in [0.717, 1.165) is 0 Å². The maximum Gasteiger partial charge on any atom is 0.254 e. The van der Waals surface area contributed by atoms with Crippen molar-refractivity contribution in [3.8, 4) is 0 Å². The second-order valence-corrected chi connectivity index (χ2v) is 5.74. The van der Waals surface area contributed by atoms with Crippen LogP contribution in [0, 0.1) is 5.41 Å². The van der Waals surface area contributed by atoms with Crippen LogP contribution in [0.3, 0.4) is 0 Å². The Morgan fingerprint density at radius 3 is 2.72 bits per heavy atom. The second-order valence-electron chi connectivity index (χ2n) is 5.74. The van der Waals surface area contributed by atoms with Crippen molar-refractivity contribution in [3.63, 3.8) is 0 Å². The second kappa shape index (κ2) is 6.05. The zero-order valence-electron chi connectivity index (χ0n) is 11.6. The summed E-state index contributed by atoms with van der Waals surface area (Å²) in [5.41, 5.74) is 0.606. The van der Waals surface area contributed by atoms with Gasteiger partial charge in [-0.25, -0.2) is 0 Å². The molecule has 0 radical (unpaired) electrons. The molecule has 1 unspecified atom stereocenters. The van der Waals surface area contributed by atoms with E-state index in [4.69, 9.17) is 4.42 Å². The Hall–Kier alpha value is -1.29. The van der Waals surface area contributed by atoms with Gasteiger partial charge >= 0.3 is 0 Å². The van der Waals surface area contributed by atoms with Crippen molar-refractivity contribution < 1.29 is 14.3 Å². The number of rotatable bonds is 5. The number of hydrogen-bond acceptors (Lipinski definition) is 3. The summed E-state index contributed by atoms with van der Waals surface area (Å²) in [5.74, 6) is 0.492. The van der Waals surface area contributed by atoms with Crippen LogP contribution >= 0.6 is 0 Å². The van der Waals surface area contributed by atoms with Crippen molar-refractivity contribution in [1.29, 1.82) is 0 Å². The molecule has 0 aliphatic rings. The molecule has 0 saturated heterocycles. The summed E-state index contributed by atoms with van der Waals surface area (Å²) >= 11 is 0. The number of aliphatic hydroxyl groups is 1. The van der Waals surface area contributed by atoms with E-state index in [1.54, 1.807) is 6.07 Å². The Labute approximate surface area is 108 Å². The predicted molar refractivity (Wildman–Crippen MR) is 70.5 cm³/mol. The van der Waals surface area contributed by atoms with Crippen molar-refractivity contribution in [1.82, 2.24) is 5.32 Å². The highest BCUT2D eigenvalue weighted by atomic mass is 16.3. The van der Waals surface area contributed by atoms with E-state index < -0.39 is 6.10 Å². The highest BCUT2D eigenvalue weighted by molar-refractivity contribution is 5.95. The molecule has 18 heavy (non-hydrogen) atoms. The molecule has 1 rings (SSSR count). The van der Waals surface area contributed by atoms with Crippen LogP contribution in [0.25, 0.3) is 0 Å². The lowest BCUT2D eigenvalue weighted by atomic mass is 9.89. The molecule has 0 aliphatic carbocycles. The molecule has 0 aliphatic heterocycles. The van der Waals surface area contributed by atoms with Crippen LogP contribution in [0.4, 0.5) is 0 Å². The first-order chi connectivity index (χ1) is 8.33. The minimum atomic E-state index is -0.522. The normalized spacial score (nSPS) is 13.4. The zero-order chi connectivity index (χ0) is 13.8. The van der Waals surface area contributed by atoms with Crippen LogP contribution in [-0.2, 0) is 6.42 Å². The Balaban J connectivity index is 2.47. The Morgan fingerprint density at radius 1 is 1.50 bits per heavy atom. The van der Waals surface area contributed by atoms with Crippen molar-refractivity contribution in [2.45, 2.75) is 46.6 Å². The van der Waals surface area contributed by atoms with Gasteiger partial charge in [0.2, 0.25) is 0 Å². The van der Waals surface area contributed by atoms with Crippen LogP contribution in [0.1, 0.15) is 50.2 Å². The molecule has 1 aromatic heterocycles. The average molecular weight is 253 g/mol. The Bertz CT molecular complexity index is 390. The van der Waals surface area contributed by atoms with E-state index in [1.165, 1.54) is 6.26 Å². The predicted octanol–water partition coefficient (Wildman–Crippen LogP) is 2.37. The van der Waals surface area contributed by atoms with Crippen LogP contribution in [0.2, 0.25) is 0 Å². The van der Waals surface area contributed by atoms with Gasteiger partial charge in [-0.15, -0.1) is 0 Å². The average Bonchev–Trinajstić information content (AvgIpc) is 2.71. The third-order valence-corrected chi connectivity index (χ3v) is 2.66. The molecule has 1 atom stereocenters. The largest absolute Gasteiger partial charge is 0.469 e. The third kappa shape index (κ3) is 4.53. The fourth-order valence-electron chi connectivity index (χ4n) is 1.90. The molecule has 102 valence electrons. The molecule has 2 N–H and O–H groups in total. The number of aliphatic hydroxyl groups excluding tert-OH is 1. The van der Waals surface area contributed by atoms with Gasteiger partial charge in [-0.05, 0) is 17.9 Å². The molecule has 4 heteroatoms. The molecule has 1 aromatic rings. The lowest BCUT2D eigenvalue weighted by molar-refractivity contribution is 0.0867. The van der Waals surface area contributed by atoms with Gasteiger partial charge in [0, 0.05) is 13.0 Å². The lowest BCUT2D eigenvalue weighted by Gasteiger charge is -2.22. The van der Waals surface area contributed by atoms with Crippen LogP contribution in [-0.4, -0.2) is 23.7 Å². The molecule has 4 nitrogen and oxygen atoms in total. The van der Waals surface area contributed by atoms with Gasteiger partial charge < -0.3 is 14.8 Å². The minimum Gasteiger partial charge on any atom is -0.469 e. The summed E-state index contributed by atoms with van der Waals surface area (Å²) in [6.07, 6.45) is 2.32. The van der Waals surface area contributed by atoms with E-state index in [0.29, 0.717) is 24.2 Å². The van der Waals surface area contributed by atoms with E-state index >= 15 is 0 Å². The summed E-state index contributed by atoms with van der Waals surface area (Å²) in [5, 5.41) is 12.6. The Morgan fingerprint density at radius 2 is 2.17 bits per heavy atom. The third-order valence-electron chi connectivity index (χ3n) is 2.66. The highest BCUT2D eigenvalue weighted by Gasteiger charge is 2.18. The molecule has 1 amide bonds. The quantitative estimate of drug-likeness (QED) is 0.846. The molecular weight excluding hydrogens is 230 g/mol. The maximum atomic E-state index is 11.9. The van der Waals surface area contributed by atoms with Gasteiger partial charge in [0.05, 0.1) is 17.9 Å². The van der Waals surface area contributed by atoms with E-state index in [-0.39, 0.29) is 17.9 Å². The standard InChI is InChI=1S/C14H23NO3/c1-5-12-11(6-7-18-12)13(17)15-9-10(16)8-14(2,3)4/h6-7,10,16H,5,8-9H2,1-4H3,(H,15,17). The minimum absolute atomic E-state index is 0.0500. The highest BCUT2D eigenvalue weighted by Crippen LogP contribution is 2.20. The first-order valence-corrected chi connectivity index (χ1v) is 6.36. The van der Waals surface area contributed by atoms with Gasteiger partial charge in [-0.1, -0.05) is 27.7 Å².